The Kier molecular flexibility index (Phi) is 5.18. The highest BCUT2D eigenvalue weighted by molar-refractivity contribution is 5.56. The van der Waals surface area contributed by atoms with Gasteiger partial charge < -0.3 is 34.7 Å². The molecule has 0 saturated heterocycles. The number of quaternary nitrogens is 1. The number of halogens is 2. The van der Waals surface area contributed by atoms with Gasteiger partial charge >= 0.3 is 0 Å². The van der Waals surface area contributed by atoms with Crippen LogP contribution in [-0.2, 0) is 0 Å². The fourth-order valence-corrected chi connectivity index (χ4v) is 0.873. The molecule has 0 aliphatic carbocycles. The van der Waals surface area contributed by atoms with Gasteiger partial charge in [-0.05, 0) is 5.18 Å². The summed E-state index contributed by atoms with van der Waals surface area (Å²) in [5, 5.41) is 22.8. The maximum Gasteiger partial charge on any atom is 0.277 e. The molecule has 0 aliphatic heterocycles. The van der Waals surface area contributed by atoms with Crippen LogP contribution in [0.2, 0.25) is 0 Å². The van der Waals surface area contributed by atoms with Crippen LogP contribution in [0.1, 0.15) is 0 Å². The quantitative estimate of drug-likeness (QED) is 0.224. The number of nitro groups is 1. The SMILES string of the molecule is O=Nc1cc([N+](=O)[O-])cc([NH2+][O-])c1F.[I-]. The number of nitroso groups, excluding NO2 is 1. The minimum atomic E-state index is -1.15. The molecule has 0 spiro atoms. The lowest BCUT2D eigenvalue weighted by Gasteiger charge is -2.03. The minimum absolute atomic E-state index is 0. The first-order chi connectivity index (χ1) is 6.60. The molecule has 0 heterocycles. The van der Waals surface area contributed by atoms with Crippen LogP contribution in [0.5, 0.6) is 0 Å². The van der Waals surface area contributed by atoms with Crippen LogP contribution in [0.3, 0.4) is 0 Å². The zero-order valence-electron chi connectivity index (χ0n) is 7.02. The molecule has 0 unspecified atom stereocenters. The van der Waals surface area contributed by atoms with Crippen molar-refractivity contribution in [2.75, 3.05) is 0 Å². The van der Waals surface area contributed by atoms with Crippen molar-refractivity contribution in [3.8, 4) is 0 Å². The van der Waals surface area contributed by atoms with E-state index in [1.807, 2.05) is 0 Å². The smallest absolute Gasteiger partial charge is 0.277 e. The van der Waals surface area contributed by atoms with Crippen LogP contribution in [0.15, 0.2) is 17.3 Å². The zero-order chi connectivity index (χ0) is 10.7. The van der Waals surface area contributed by atoms with E-state index in [1.54, 1.807) is 0 Å². The average molecular weight is 328 g/mol. The van der Waals surface area contributed by atoms with Gasteiger partial charge in [0.15, 0.2) is 11.4 Å². The third kappa shape index (κ3) is 2.87. The molecule has 0 aliphatic rings. The lowest BCUT2D eigenvalue weighted by atomic mass is 10.2. The normalized spacial score (nSPS) is 9.20. The van der Waals surface area contributed by atoms with E-state index in [4.69, 9.17) is 0 Å². The van der Waals surface area contributed by atoms with Crippen molar-refractivity contribution in [1.82, 2.24) is 0 Å². The van der Waals surface area contributed by atoms with E-state index < -0.39 is 27.8 Å². The van der Waals surface area contributed by atoms with E-state index in [2.05, 4.69) is 5.18 Å². The summed E-state index contributed by atoms with van der Waals surface area (Å²) >= 11 is 0. The second-order valence-corrected chi connectivity index (χ2v) is 2.33. The monoisotopic (exact) mass is 328 g/mol. The van der Waals surface area contributed by atoms with Crippen LogP contribution < -0.4 is 29.5 Å². The van der Waals surface area contributed by atoms with Crippen LogP contribution in [-0.4, -0.2) is 4.92 Å². The first-order valence-corrected chi connectivity index (χ1v) is 3.36. The Bertz CT molecular complexity index is 400. The molecule has 0 bridgehead atoms. The molecule has 0 aromatic heterocycles. The van der Waals surface area contributed by atoms with Gasteiger partial charge in [-0.1, -0.05) is 0 Å². The summed E-state index contributed by atoms with van der Waals surface area (Å²) in [5.74, 6) is -1.15. The van der Waals surface area contributed by atoms with Crippen molar-refractivity contribution >= 4 is 17.1 Å². The highest BCUT2D eigenvalue weighted by Gasteiger charge is 2.18. The second-order valence-electron chi connectivity index (χ2n) is 2.33. The number of nitrogens with two attached hydrogens (primary N) is 1. The molecule has 82 valence electrons. The first kappa shape index (κ1) is 13.8. The standard InChI is InChI=1S/C6H4FN3O4.HI/c7-6-4(8-11)1-3(10(13)14)2-5(6)9-12;/h1-2H,8H2;1H/p-1. The van der Waals surface area contributed by atoms with Gasteiger partial charge in [-0.25, -0.2) is 0 Å². The summed E-state index contributed by atoms with van der Waals surface area (Å²) in [5.41, 5.74) is -1.78. The van der Waals surface area contributed by atoms with Gasteiger partial charge in [-0.3, -0.25) is 10.1 Å². The predicted molar refractivity (Wildman–Crippen MR) is 43.5 cm³/mol. The van der Waals surface area contributed by atoms with Crippen LogP contribution in [0, 0.1) is 26.0 Å². The molecule has 0 amide bonds. The molecular weight excluding hydrogens is 324 g/mol. The summed E-state index contributed by atoms with van der Waals surface area (Å²) in [6, 6.07) is 1.40. The molecule has 2 N–H and O–H groups in total. The molecule has 1 rings (SSSR count). The van der Waals surface area contributed by atoms with E-state index in [0.717, 1.165) is 6.07 Å². The van der Waals surface area contributed by atoms with Crippen LogP contribution >= 0.6 is 0 Å². The Morgan fingerprint density at radius 1 is 1.47 bits per heavy atom. The summed E-state index contributed by atoms with van der Waals surface area (Å²) in [7, 11) is 0. The topological polar surface area (TPSA) is 112 Å². The van der Waals surface area contributed by atoms with Gasteiger partial charge in [0.05, 0.1) is 11.0 Å². The molecular formula is C6H4FIN3O4-. The van der Waals surface area contributed by atoms with E-state index >= 15 is 0 Å². The summed E-state index contributed by atoms with van der Waals surface area (Å²) < 4.78 is 13.0. The number of nitrogens with zero attached hydrogens (tertiary/aromatic N) is 2. The summed E-state index contributed by atoms with van der Waals surface area (Å²) in [6.45, 7) is 0. The maximum atomic E-state index is 13.0. The highest BCUT2D eigenvalue weighted by Crippen LogP contribution is 2.28. The fraction of sp³-hybridized carbons (Fsp3) is 0. The van der Waals surface area contributed by atoms with Crippen molar-refractivity contribution in [3.63, 3.8) is 0 Å². The van der Waals surface area contributed by atoms with Crippen molar-refractivity contribution in [1.29, 1.82) is 0 Å². The Hall–Kier alpha value is -1.20. The number of hydrogen-bond donors (Lipinski definition) is 1. The molecule has 7 nitrogen and oxygen atoms in total. The van der Waals surface area contributed by atoms with Gasteiger partial charge in [0, 0.05) is 6.07 Å². The van der Waals surface area contributed by atoms with E-state index in [1.165, 1.54) is 0 Å². The van der Waals surface area contributed by atoms with Crippen molar-refractivity contribution in [2.45, 2.75) is 0 Å². The number of non-ortho nitro benzene ring substituents is 1. The lowest BCUT2D eigenvalue weighted by Crippen LogP contribution is -3.00. The van der Waals surface area contributed by atoms with Gasteiger partial charge in [-0.2, -0.15) is 4.39 Å². The molecule has 1 aromatic rings. The number of hydrogen-bond acceptors (Lipinski definition) is 5. The van der Waals surface area contributed by atoms with Gasteiger partial charge in [0.2, 0.25) is 5.82 Å². The predicted octanol–water partition coefficient (Wildman–Crippen LogP) is -2.17. The molecule has 0 atom stereocenters. The van der Waals surface area contributed by atoms with E-state index in [0.29, 0.717) is 6.07 Å². The fourth-order valence-electron chi connectivity index (χ4n) is 0.873. The Morgan fingerprint density at radius 3 is 2.47 bits per heavy atom. The van der Waals surface area contributed by atoms with E-state index in [9.17, 15) is 24.6 Å². The third-order valence-electron chi connectivity index (χ3n) is 1.50. The van der Waals surface area contributed by atoms with Crippen molar-refractivity contribution in [2.24, 2.45) is 5.18 Å². The molecule has 1 aromatic carbocycles. The molecule has 9 heteroatoms. The maximum absolute atomic E-state index is 13.0. The number of rotatable bonds is 3. The minimum Gasteiger partial charge on any atom is -1.00 e. The Morgan fingerprint density at radius 2 is 2.07 bits per heavy atom. The zero-order valence-corrected chi connectivity index (χ0v) is 9.17. The van der Waals surface area contributed by atoms with Gasteiger partial charge in [0.1, 0.15) is 0 Å². The summed E-state index contributed by atoms with van der Waals surface area (Å²) in [4.78, 5) is 19.5. The van der Waals surface area contributed by atoms with Crippen LogP contribution in [0.4, 0.5) is 21.5 Å². The lowest BCUT2D eigenvalue weighted by molar-refractivity contribution is -0.499. The average Bonchev–Trinajstić information content (AvgIpc) is 2.17. The number of benzene rings is 1. The Balaban J connectivity index is 0.00000196. The van der Waals surface area contributed by atoms with Crippen molar-refractivity contribution in [3.05, 3.63) is 38.2 Å². The van der Waals surface area contributed by atoms with E-state index in [-0.39, 0.29) is 29.5 Å². The highest BCUT2D eigenvalue weighted by atomic mass is 127. The molecule has 0 radical (unpaired) electrons. The first-order valence-electron chi connectivity index (χ1n) is 3.36. The largest absolute Gasteiger partial charge is 1.00 e. The Labute approximate surface area is 99.4 Å². The summed E-state index contributed by atoms with van der Waals surface area (Å²) in [6.07, 6.45) is 0. The molecule has 0 saturated carbocycles. The van der Waals surface area contributed by atoms with Crippen LogP contribution in [0.25, 0.3) is 0 Å². The van der Waals surface area contributed by atoms with Crippen molar-refractivity contribution < 1.29 is 38.8 Å². The molecule has 15 heavy (non-hydrogen) atoms. The number of nitro benzene ring substituents is 1. The second kappa shape index (κ2) is 5.63. The molecule has 0 fully saturated rings. The van der Waals surface area contributed by atoms with Gasteiger partial charge in [0.25, 0.3) is 5.69 Å². The van der Waals surface area contributed by atoms with Gasteiger partial charge in [-0.15, -0.1) is 4.91 Å². The third-order valence-corrected chi connectivity index (χ3v) is 1.50.